The summed E-state index contributed by atoms with van der Waals surface area (Å²) in [6.45, 7) is 4.66. The summed E-state index contributed by atoms with van der Waals surface area (Å²) in [5, 5.41) is 3.27. The molecule has 200 valence electrons. The summed E-state index contributed by atoms with van der Waals surface area (Å²) in [6, 6.07) is 0. The number of carbonyl (C=O) groups excluding carboxylic acids is 1. The monoisotopic (exact) mass is 515 g/mol. The van der Waals surface area contributed by atoms with Crippen molar-refractivity contribution in [3.8, 4) is 5.75 Å². The van der Waals surface area contributed by atoms with Crippen molar-refractivity contribution >= 4 is 5.97 Å². The van der Waals surface area contributed by atoms with E-state index in [1.165, 1.54) is 0 Å². The third-order valence-electron chi connectivity index (χ3n) is 4.82. The van der Waals surface area contributed by atoms with Gasteiger partial charge in [-0.05, 0) is 25.9 Å². The Kier molecular flexibility index (Phi) is 14.0. The van der Waals surface area contributed by atoms with Crippen LogP contribution in [0.2, 0.25) is 0 Å². The van der Waals surface area contributed by atoms with Gasteiger partial charge in [0, 0.05) is 0 Å². The lowest BCUT2D eigenvalue weighted by Crippen LogP contribution is -2.33. The molecule has 0 bridgehead atoms. The molecule has 8 nitrogen and oxygen atoms in total. The lowest BCUT2D eigenvalue weighted by atomic mass is 10.1. The van der Waals surface area contributed by atoms with E-state index in [1.807, 2.05) is 0 Å². The third-order valence-corrected chi connectivity index (χ3v) is 4.82. The van der Waals surface area contributed by atoms with Crippen molar-refractivity contribution in [2.24, 2.45) is 0 Å². The molecule has 1 aliphatic rings. The second-order valence-electron chi connectivity index (χ2n) is 7.39. The summed E-state index contributed by atoms with van der Waals surface area (Å²) in [4.78, 5) is 11.6. The van der Waals surface area contributed by atoms with Crippen molar-refractivity contribution in [1.29, 1.82) is 0 Å². The molecular weight excluding hydrogens is 485 g/mol. The molecule has 1 aromatic rings. The maximum Gasteiger partial charge on any atom is 0.313 e. The smallest absolute Gasteiger partial charge is 0.313 e. The number of hydrogen-bond donors (Lipinski definition) is 1. The highest BCUT2D eigenvalue weighted by atomic mass is 19.2. The number of esters is 1. The van der Waals surface area contributed by atoms with E-state index in [9.17, 15) is 26.7 Å². The molecule has 0 unspecified atom stereocenters. The molecule has 0 aliphatic carbocycles. The molecule has 0 atom stereocenters. The molecular formula is C22H30F5NO7. The first-order chi connectivity index (χ1) is 16.9. The minimum atomic E-state index is -2.34. The van der Waals surface area contributed by atoms with Crippen molar-refractivity contribution < 1.29 is 55.2 Å². The van der Waals surface area contributed by atoms with Gasteiger partial charge in [-0.15, -0.1) is 0 Å². The van der Waals surface area contributed by atoms with Crippen molar-refractivity contribution in [1.82, 2.24) is 5.32 Å². The van der Waals surface area contributed by atoms with Crippen LogP contribution in [-0.2, 0) is 28.5 Å². The lowest BCUT2D eigenvalue weighted by Gasteiger charge is -2.22. The molecule has 0 aromatic heterocycles. The zero-order chi connectivity index (χ0) is 25.5. The topological polar surface area (TPSA) is 84.5 Å². The maximum absolute atomic E-state index is 13.5. The van der Waals surface area contributed by atoms with Gasteiger partial charge in [-0.1, -0.05) is 0 Å². The van der Waals surface area contributed by atoms with Gasteiger partial charge in [-0.25, -0.2) is 13.2 Å². The number of nitrogens with one attached hydrogen (secondary N) is 1. The average molecular weight is 515 g/mol. The minimum absolute atomic E-state index is 0.107. The van der Waals surface area contributed by atoms with Gasteiger partial charge in [0.05, 0.1) is 72.0 Å². The molecule has 35 heavy (non-hydrogen) atoms. The van der Waals surface area contributed by atoms with Gasteiger partial charge in [0.25, 0.3) is 0 Å². The summed E-state index contributed by atoms with van der Waals surface area (Å²) < 4.78 is 97.2. The zero-order valence-corrected chi connectivity index (χ0v) is 19.2. The third kappa shape index (κ3) is 10.7. The Morgan fingerprint density at radius 3 is 1.60 bits per heavy atom. The van der Waals surface area contributed by atoms with Crippen LogP contribution >= 0.6 is 0 Å². The fraction of sp³-hybridized carbons (Fsp3) is 0.682. The van der Waals surface area contributed by atoms with Crippen LogP contribution < -0.4 is 10.1 Å². The Hall–Kier alpha value is -1.90. The van der Waals surface area contributed by atoms with E-state index >= 15 is 0 Å². The zero-order valence-electron chi connectivity index (χ0n) is 19.2. The molecule has 0 radical (unpaired) electrons. The van der Waals surface area contributed by atoms with E-state index in [4.69, 9.17) is 23.7 Å². The molecule has 1 N–H and O–H groups in total. The first-order valence-electron chi connectivity index (χ1n) is 11.3. The molecule has 0 spiro atoms. The van der Waals surface area contributed by atoms with E-state index in [2.05, 4.69) is 10.1 Å². The summed E-state index contributed by atoms with van der Waals surface area (Å²) in [5.74, 6) is -14.1. The summed E-state index contributed by atoms with van der Waals surface area (Å²) >= 11 is 0. The van der Waals surface area contributed by atoms with E-state index in [0.29, 0.717) is 45.7 Å². The fourth-order valence-electron chi connectivity index (χ4n) is 2.99. The minimum Gasteiger partial charge on any atom is -0.420 e. The lowest BCUT2D eigenvalue weighted by molar-refractivity contribution is -0.136. The van der Waals surface area contributed by atoms with Crippen molar-refractivity contribution in [2.75, 3.05) is 72.6 Å². The second-order valence-corrected chi connectivity index (χ2v) is 7.39. The number of rotatable bonds is 17. The largest absolute Gasteiger partial charge is 0.420 e. The summed E-state index contributed by atoms with van der Waals surface area (Å²) in [5.41, 5.74) is 0. The second kappa shape index (κ2) is 16.7. The van der Waals surface area contributed by atoms with Crippen LogP contribution in [0.5, 0.6) is 5.75 Å². The van der Waals surface area contributed by atoms with Gasteiger partial charge in [0.1, 0.15) is 0 Å². The van der Waals surface area contributed by atoms with Gasteiger partial charge in [-0.3, -0.25) is 4.79 Å². The molecule has 1 aromatic carbocycles. The molecule has 0 amide bonds. The molecule has 1 saturated heterocycles. The predicted molar refractivity (Wildman–Crippen MR) is 112 cm³/mol. The molecule has 13 heteroatoms. The highest BCUT2D eigenvalue weighted by Gasteiger charge is 2.28. The van der Waals surface area contributed by atoms with Crippen LogP contribution in [0.25, 0.3) is 0 Å². The Morgan fingerprint density at radius 2 is 1.09 bits per heavy atom. The fourth-order valence-corrected chi connectivity index (χ4v) is 2.99. The van der Waals surface area contributed by atoms with E-state index < -0.39 is 47.2 Å². The number of piperidine rings is 1. The van der Waals surface area contributed by atoms with Gasteiger partial charge in [-0.2, -0.15) is 8.78 Å². The number of halogens is 5. The van der Waals surface area contributed by atoms with Crippen molar-refractivity contribution in [3.05, 3.63) is 29.1 Å². The molecule has 2 rings (SSSR count). The first-order valence-corrected chi connectivity index (χ1v) is 11.3. The number of ether oxygens (including phenoxy) is 6. The highest BCUT2D eigenvalue weighted by Crippen LogP contribution is 2.29. The molecule has 1 fully saturated rings. The van der Waals surface area contributed by atoms with Gasteiger partial charge in [0.2, 0.25) is 34.8 Å². The van der Waals surface area contributed by atoms with Gasteiger partial charge < -0.3 is 33.7 Å². The van der Waals surface area contributed by atoms with E-state index in [0.717, 1.165) is 25.9 Å². The summed E-state index contributed by atoms with van der Waals surface area (Å²) in [6.07, 6.45) is 1.88. The summed E-state index contributed by atoms with van der Waals surface area (Å²) in [7, 11) is 0. The Balaban J connectivity index is 1.39. The number of carbonyl (C=O) groups is 1. The first kappa shape index (κ1) is 29.3. The maximum atomic E-state index is 13.5. The quantitative estimate of drug-likeness (QED) is 0.0847. The standard InChI is InChI=1S/C22H30F5NO7/c23-17-18(24)20(26)22(21(27)19(17)25)35-16(29)3-6-30-7-8-31-9-10-32-11-12-33-13-14-34-15-1-4-28-5-2-15/h15,28H,1-14H2. The molecule has 0 saturated carbocycles. The van der Waals surface area contributed by atoms with Crippen LogP contribution in [0.3, 0.4) is 0 Å². The van der Waals surface area contributed by atoms with E-state index in [1.54, 1.807) is 0 Å². The molecule has 1 aliphatic heterocycles. The number of benzene rings is 1. The SMILES string of the molecule is O=C(CCOCCOCCOCCOCCOC1CCNCC1)Oc1c(F)c(F)c(F)c(F)c1F. The van der Waals surface area contributed by atoms with E-state index in [-0.39, 0.29) is 19.8 Å². The van der Waals surface area contributed by atoms with Crippen LogP contribution in [-0.4, -0.2) is 84.6 Å². The van der Waals surface area contributed by atoms with Crippen molar-refractivity contribution in [3.63, 3.8) is 0 Å². The van der Waals surface area contributed by atoms with Crippen LogP contribution in [0.15, 0.2) is 0 Å². The Bertz CT molecular complexity index is 752. The highest BCUT2D eigenvalue weighted by molar-refractivity contribution is 5.72. The van der Waals surface area contributed by atoms with Crippen LogP contribution in [0.1, 0.15) is 19.3 Å². The van der Waals surface area contributed by atoms with Crippen LogP contribution in [0.4, 0.5) is 22.0 Å². The Morgan fingerprint density at radius 1 is 0.657 bits per heavy atom. The Labute approximate surface area is 199 Å². The number of hydrogen-bond acceptors (Lipinski definition) is 8. The van der Waals surface area contributed by atoms with Gasteiger partial charge >= 0.3 is 5.97 Å². The molecule has 1 heterocycles. The normalized spacial score (nSPS) is 14.4. The average Bonchev–Trinajstić information content (AvgIpc) is 2.87. The van der Waals surface area contributed by atoms with Gasteiger partial charge in [0.15, 0.2) is 0 Å². The van der Waals surface area contributed by atoms with Crippen LogP contribution in [0, 0.1) is 29.1 Å². The predicted octanol–water partition coefficient (Wildman–Crippen LogP) is 2.51. The van der Waals surface area contributed by atoms with Crippen molar-refractivity contribution in [2.45, 2.75) is 25.4 Å².